The summed E-state index contributed by atoms with van der Waals surface area (Å²) in [6.45, 7) is 0. The number of hydrogen-bond acceptors (Lipinski definition) is 1. The molecule has 0 aromatic heterocycles. The number of allylic oxidation sites excluding steroid dienone is 1. The van der Waals surface area contributed by atoms with Crippen molar-refractivity contribution in [2.24, 2.45) is 0 Å². The van der Waals surface area contributed by atoms with Gasteiger partial charge in [0.05, 0.1) is 5.03 Å². The number of benzene rings is 2. The van der Waals surface area contributed by atoms with Crippen LogP contribution in [0.5, 0.6) is 0 Å². The third-order valence-electron chi connectivity index (χ3n) is 2.42. The van der Waals surface area contributed by atoms with Crippen molar-refractivity contribution in [3.05, 3.63) is 75.8 Å². The van der Waals surface area contributed by atoms with Crippen LogP contribution in [0.4, 0.5) is 0 Å². The molecule has 0 fully saturated rings. The van der Waals surface area contributed by atoms with Crippen molar-refractivity contribution < 1.29 is 4.79 Å². The minimum atomic E-state index is -0.188. The molecule has 0 saturated heterocycles. The molecule has 0 bridgehead atoms. The minimum absolute atomic E-state index is 0.184. The Hall–Kier alpha value is -1.57. The first kappa shape index (κ1) is 12.9. The second-order valence-electron chi connectivity index (χ2n) is 3.74. The summed E-state index contributed by atoms with van der Waals surface area (Å²) in [5, 5.41) is 0.834. The number of halogens is 2. The second kappa shape index (κ2) is 5.85. The highest BCUT2D eigenvalue weighted by Gasteiger charge is 2.09. The van der Waals surface area contributed by atoms with Crippen molar-refractivity contribution in [1.29, 1.82) is 0 Å². The molecule has 0 aliphatic rings. The van der Waals surface area contributed by atoms with E-state index in [1.807, 2.05) is 18.2 Å². The lowest BCUT2D eigenvalue weighted by atomic mass is 10.1. The maximum atomic E-state index is 12.0. The van der Waals surface area contributed by atoms with Crippen molar-refractivity contribution in [3.8, 4) is 0 Å². The summed E-state index contributed by atoms with van der Waals surface area (Å²) in [5.41, 5.74) is 1.42. The van der Waals surface area contributed by atoms with E-state index in [0.29, 0.717) is 10.6 Å². The summed E-state index contributed by atoms with van der Waals surface area (Å²) < 4.78 is 0. The monoisotopic (exact) mass is 276 g/mol. The zero-order valence-electron chi connectivity index (χ0n) is 9.44. The Bertz CT molecular complexity index is 571. The van der Waals surface area contributed by atoms with Gasteiger partial charge >= 0.3 is 0 Å². The third-order valence-corrected chi connectivity index (χ3v) is 2.95. The highest BCUT2D eigenvalue weighted by Crippen LogP contribution is 2.17. The van der Waals surface area contributed by atoms with E-state index in [0.717, 1.165) is 5.56 Å². The van der Waals surface area contributed by atoms with Gasteiger partial charge in [-0.1, -0.05) is 65.7 Å². The summed E-state index contributed by atoms with van der Waals surface area (Å²) in [5.74, 6) is -0.188. The zero-order chi connectivity index (χ0) is 13.0. The van der Waals surface area contributed by atoms with Crippen LogP contribution in [0.15, 0.2) is 59.6 Å². The molecule has 0 aliphatic carbocycles. The maximum Gasteiger partial charge on any atom is 0.204 e. The largest absolute Gasteiger partial charge is 0.288 e. The standard InChI is InChI=1S/C15H10Cl2O/c16-13-8-6-11(7-9-13)10-14(17)15(18)12-4-2-1-3-5-12/h1-10H/b14-10+. The zero-order valence-corrected chi connectivity index (χ0v) is 10.9. The van der Waals surface area contributed by atoms with Crippen molar-refractivity contribution in [2.45, 2.75) is 0 Å². The molecule has 0 saturated carbocycles. The van der Waals surface area contributed by atoms with E-state index in [1.165, 1.54) is 0 Å². The quantitative estimate of drug-likeness (QED) is 0.581. The van der Waals surface area contributed by atoms with Crippen molar-refractivity contribution in [3.63, 3.8) is 0 Å². The van der Waals surface area contributed by atoms with Gasteiger partial charge in [-0.15, -0.1) is 0 Å². The summed E-state index contributed by atoms with van der Waals surface area (Å²) >= 11 is 11.8. The van der Waals surface area contributed by atoms with Gasteiger partial charge in [-0.25, -0.2) is 0 Å². The Labute approximate surface area is 116 Å². The first-order chi connectivity index (χ1) is 8.66. The van der Waals surface area contributed by atoms with Crippen molar-refractivity contribution >= 4 is 35.1 Å². The minimum Gasteiger partial charge on any atom is -0.288 e. The maximum absolute atomic E-state index is 12.0. The highest BCUT2D eigenvalue weighted by atomic mass is 35.5. The van der Waals surface area contributed by atoms with E-state index in [-0.39, 0.29) is 10.8 Å². The Balaban J connectivity index is 2.23. The fourth-order valence-electron chi connectivity index (χ4n) is 1.50. The fraction of sp³-hybridized carbons (Fsp3) is 0. The summed E-state index contributed by atoms with van der Waals surface area (Å²) in [4.78, 5) is 12.0. The van der Waals surface area contributed by atoms with Crippen LogP contribution in [-0.2, 0) is 0 Å². The van der Waals surface area contributed by atoms with E-state index in [4.69, 9.17) is 23.2 Å². The molecule has 0 heterocycles. The number of rotatable bonds is 3. The SMILES string of the molecule is O=C(/C(Cl)=C\c1ccc(Cl)cc1)c1ccccc1. The number of carbonyl (C=O) groups is 1. The molecular weight excluding hydrogens is 267 g/mol. The van der Waals surface area contributed by atoms with E-state index in [2.05, 4.69) is 0 Å². The predicted molar refractivity (Wildman–Crippen MR) is 76.1 cm³/mol. The molecule has 0 atom stereocenters. The molecular formula is C15H10Cl2O. The molecule has 1 nitrogen and oxygen atoms in total. The van der Waals surface area contributed by atoms with Crippen LogP contribution in [0.3, 0.4) is 0 Å². The normalized spacial score (nSPS) is 11.3. The van der Waals surface area contributed by atoms with Gasteiger partial charge in [0.25, 0.3) is 0 Å². The molecule has 3 heteroatoms. The van der Waals surface area contributed by atoms with Gasteiger partial charge < -0.3 is 0 Å². The first-order valence-corrected chi connectivity index (χ1v) is 6.15. The Morgan fingerprint density at radius 1 is 0.944 bits per heavy atom. The topological polar surface area (TPSA) is 17.1 Å². The Kier molecular flexibility index (Phi) is 4.19. The van der Waals surface area contributed by atoms with Gasteiger partial charge in [0.1, 0.15) is 0 Å². The lowest BCUT2D eigenvalue weighted by Gasteiger charge is -2.00. The lowest BCUT2D eigenvalue weighted by molar-refractivity contribution is 0.104. The molecule has 18 heavy (non-hydrogen) atoms. The average Bonchev–Trinajstić information content (AvgIpc) is 2.41. The highest BCUT2D eigenvalue weighted by molar-refractivity contribution is 6.47. The summed E-state index contributed by atoms with van der Waals surface area (Å²) in [6.07, 6.45) is 1.63. The molecule has 0 amide bonds. The van der Waals surface area contributed by atoms with Gasteiger partial charge in [-0.3, -0.25) is 4.79 Å². The molecule has 2 aromatic carbocycles. The van der Waals surface area contributed by atoms with Crippen LogP contribution < -0.4 is 0 Å². The van der Waals surface area contributed by atoms with Crippen LogP contribution in [0.1, 0.15) is 15.9 Å². The van der Waals surface area contributed by atoms with Gasteiger partial charge in [0, 0.05) is 10.6 Å². The van der Waals surface area contributed by atoms with Gasteiger partial charge in [0.15, 0.2) is 0 Å². The molecule has 0 N–H and O–H groups in total. The molecule has 0 unspecified atom stereocenters. The van der Waals surface area contributed by atoms with Gasteiger partial charge in [-0.05, 0) is 23.8 Å². The Morgan fingerprint density at radius 2 is 1.56 bits per heavy atom. The molecule has 0 aliphatic heterocycles. The lowest BCUT2D eigenvalue weighted by Crippen LogP contribution is -1.98. The van der Waals surface area contributed by atoms with Crippen LogP contribution in [0.2, 0.25) is 5.02 Å². The third kappa shape index (κ3) is 3.22. The number of ketones is 1. The number of hydrogen-bond donors (Lipinski definition) is 0. The van der Waals surface area contributed by atoms with Crippen LogP contribution in [0.25, 0.3) is 6.08 Å². The molecule has 0 radical (unpaired) electrons. The van der Waals surface area contributed by atoms with E-state index in [1.54, 1.807) is 42.5 Å². The Morgan fingerprint density at radius 3 is 2.17 bits per heavy atom. The predicted octanol–water partition coefficient (Wildman–Crippen LogP) is 4.80. The first-order valence-electron chi connectivity index (χ1n) is 5.39. The molecule has 90 valence electrons. The summed E-state index contributed by atoms with van der Waals surface area (Å²) in [7, 11) is 0. The summed E-state index contributed by atoms with van der Waals surface area (Å²) in [6, 6.07) is 16.1. The van der Waals surface area contributed by atoms with E-state index in [9.17, 15) is 4.79 Å². The van der Waals surface area contributed by atoms with Crippen molar-refractivity contribution in [2.75, 3.05) is 0 Å². The van der Waals surface area contributed by atoms with Crippen LogP contribution in [-0.4, -0.2) is 5.78 Å². The number of carbonyl (C=O) groups excluding carboxylic acids is 1. The van der Waals surface area contributed by atoms with Crippen LogP contribution >= 0.6 is 23.2 Å². The average molecular weight is 277 g/mol. The molecule has 0 spiro atoms. The van der Waals surface area contributed by atoms with E-state index >= 15 is 0 Å². The molecule has 2 rings (SSSR count). The van der Waals surface area contributed by atoms with Gasteiger partial charge in [-0.2, -0.15) is 0 Å². The molecule has 2 aromatic rings. The van der Waals surface area contributed by atoms with Crippen molar-refractivity contribution in [1.82, 2.24) is 0 Å². The van der Waals surface area contributed by atoms with Crippen LogP contribution in [0, 0.1) is 0 Å². The van der Waals surface area contributed by atoms with Gasteiger partial charge in [0.2, 0.25) is 5.78 Å². The smallest absolute Gasteiger partial charge is 0.204 e. The fourth-order valence-corrected chi connectivity index (χ4v) is 1.86. The van der Waals surface area contributed by atoms with E-state index < -0.39 is 0 Å². The number of Topliss-reactive ketones (excluding diaryl/α,β-unsaturated/α-hetero) is 1. The second-order valence-corrected chi connectivity index (χ2v) is 4.58.